The van der Waals surface area contributed by atoms with Gasteiger partial charge in [0.05, 0.1) is 23.9 Å². The zero-order chi connectivity index (χ0) is 25.6. The van der Waals surface area contributed by atoms with Gasteiger partial charge in [-0.1, -0.05) is 19.1 Å². The fourth-order valence-corrected chi connectivity index (χ4v) is 4.41. The Balaban J connectivity index is 1.35. The number of anilines is 2. The molecule has 6 rings (SSSR count). The average molecular weight is 493 g/mol. The molecule has 0 aliphatic heterocycles. The third-order valence-electron chi connectivity index (χ3n) is 6.56. The number of aromatic amines is 1. The van der Waals surface area contributed by atoms with E-state index in [1.807, 2.05) is 24.3 Å². The molecule has 0 spiro atoms. The van der Waals surface area contributed by atoms with E-state index in [4.69, 9.17) is 10.5 Å². The van der Waals surface area contributed by atoms with Gasteiger partial charge in [0.25, 0.3) is 5.91 Å². The first-order chi connectivity index (χ1) is 17.9. The Kier molecular flexibility index (Phi) is 5.35. The van der Waals surface area contributed by atoms with Crippen LogP contribution in [0.2, 0.25) is 0 Å². The van der Waals surface area contributed by atoms with Gasteiger partial charge in [0, 0.05) is 24.6 Å². The van der Waals surface area contributed by atoms with Crippen molar-refractivity contribution in [2.45, 2.75) is 31.8 Å². The molecule has 184 valence electrons. The van der Waals surface area contributed by atoms with Crippen LogP contribution in [0, 0.1) is 11.8 Å². The number of hydrogen-bond donors (Lipinski definition) is 3. The highest BCUT2D eigenvalue weighted by atomic mass is 16.5. The Bertz CT molecular complexity index is 1690. The van der Waals surface area contributed by atoms with Gasteiger partial charge in [0.2, 0.25) is 5.82 Å². The first-order valence-corrected chi connectivity index (χ1v) is 11.8. The van der Waals surface area contributed by atoms with E-state index in [2.05, 4.69) is 49.1 Å². The van der Waals surface area contributed by atoms with Crippen molar-refractivity contribution in [1.29, 1.82) is 0 Å². The van der Waals surface area contributed by atoms with Crippen LogP contribution in [0.5, 0.6) is 0 Å². The van der Waals surface area contributed by atoms with E-state index in [-0.39, 0.29) is 17.1 Å². The molecule has 1 aliphatic carbocycles. The van der Waals surface area contributed by atoms with Crippen molar-refractivity contribution in [2.75, 3.05) is 18.2 Å². The number of aromatic nitrogens is 6. The topological polar surface area (TPSA) is 136 Å². The van der Waals surface area contributed by atoms with E-state index in [1.165, 1.54) is 0 Å². The molecule has 0 saturated heterocycles. The van der Waals surface area contributed by atoms with Gasteiger partial charge in [0.1, 0.15) is 17.2 Å². The largest absolute Gasteiger partial charge is 0.383 e. The zero-order valence-electron chi connectivity index (χ0n) is 20.4. The molecule has 4 heterocycles. The molecule has 5 aromatic rings. The molecule has 1 aromatic carbocycles. The number of imidazole rings is 1. The van der Waals surface area contributed by atoms with E-state index < -0.39 is 5.91 Å². The summed E-state index contributed by atoms with van der Waals surface area (Å²) in [6, 6.07) is 11.1. The Morgan fingerprint density at radius 2 is 2.00 bits per heavy atom. The van der Waals surface area contributed by atoms with Crippen molar-refractivity contribution < 1.29 is 9.53 Å². The number of fused-ring (bicyclic) bond motifs is 2. The Morgan fingerprint density at radius 3 is 2.73 bits per heavy atom. The summed E-state index contributed by atoms with van der Waals surface area (Å²) in [5, 5.41) is 7.77. The Labute approximate surface area is 212 Å². The zero-order valence-corrected chi connectivity index (χ0v) is 20.4. The fraction of sp³-hybridized carbons (Fsp3) is 0.222. The highest BCUT2D eigenvalue weighted by molar-refractivity contribution is 6.04. The van der Waals surface area contributed by atoms with Crippen molar-refractivity contribution in [3.8, 4) is 11.8 Å². The number of nitrogen functional groups attached to an aromatic ring is 1. The summed E-state index contributed by atoms with van der Waals surface area (Å²) < 4.78 is 6.81. The fourth-order valence-electron chi connectivity index (χ4n) is 4.41. The molecule has 1 saturated carbocycles. The lowest BCUT2D eigenvalue weighted by molar-refractivity contribution is 0.101. The minimum absolute atomic E-state index is 0.0225. The molecule has 1 aliphatic rings. The van der Waals surface area contributed by atoms with Gasteiger partial charge in [0.15, 0.2) is 5.65 Å². The smallest absolute Gasteiger partial charge is 0.293 e. The number of nitrogens with one attached hydrogen (secondary N) is 2. The van der Waals surface area contributed by atoms with Crippen LogP contribution >= 0.6 is 0 Å². The predicted molar refractivity (Wildman–Crippen MR) is 139 cm³/mol. The van der Waals surface area contributed by atoms with Crippen molar-refractivity contribution in [3.63, 3.8) is 0 Å². The van der Waals surface area contributed by atoms with Crippen LogP contribution in [-0.4, -0.2) is 42.6 Å². The molecule has 10 nitrogen and oxygen atoms in total. The standard InChI is InChI=1S/C27H24N8O2/c1-27(11-12-27)22-19(10-9-18-14-35-20(30-18)4-3-13-29-35)32-24-21(22)23(28)33-25(34-24)26(36)31-17-7-5-16(6-8-17)15-37-2/h3-8,13-14H,11-12,15H2,1-2H3,(H,31,36)(H3,28,32,33,34). The molecule has 1 fully saturated rings. The molecule has 0 bridgehead atoms. The van der Waals surface area contributed by atoms with Crippen molar-refractivity contribution in [2.24, 2.45) is 0 Å². The molecular weight excluding hydrogens is 468 g/mol. The van der Waals surface area contributed by atoms with Gasteiger partial charge in [-0.05, 0) is 59.9 Å². The minimum atomic E-state index is -0.452. The molecule has 10 heteroatoms. The number of amides is 1. The first kappa shape index (κ1) is 22.7. The van der Waals surface area contributed by atoms with E-state index in [0.29, 0.717) is 34.7 Å². The second-order valence-corrected chi connectivity index (χ2v) is 9.38. The summed E-state index contributed by atoms with van der Waals surface area (Å²) >= 11 is 0. The number of methoxy groups -OCH3 is 1. The second-order valence-electron chi connectivity index (χ2n) is 9.38. The minimum Gasteiger partial charge on any atom is -0.383 e. The summed E-state index contributed by atoms with van der Waals surface area (Å²) in [5.74, 6) is 6.11. The summed E-state index contributed by atoms with van der Waals surface area (Å²) in [6.07, 6.45) is 5.49. The molecule has 0 radical (unpaired) electrons. The Morgan fingerprint density at radius 1 is 1.19 bits per heavy atom. The molecule has 0 atom stereocenters. The first-order valence-electron chi connectivity index (χ1n) is 11.8. The van der Waals surface area contributed by atoms with Crippen LogP contribution in [0.4, 0.5) is 11.5 Å². The van der Waals surface area contributed by atoms with Crippen LogP contribution in [-0.2, 0) is 16.8 Å². The number of nitrogens with two attached hydrogens (primary N) is 1. The van der Waals surface area contributed by atoms with Crippen molar-refractivity contribution in [3.05, 3.63) is 77.1 Å². The highest BCUT2D eigenvalue weighted by Crippen LogP contribution is 2.51. The number of H-pyrrole nitrogens is 1. The molecule has 37 heavy (non-hydrogen) atoms. The van der Waals surface area contributed by atoms with Crippen LogP contribution < -0.4 is 11.1 Å². The maximum atomic E-state index is 12.9. The van der Waals surface area contributed by atoms with Crippen molar-refractivity contribution >= 4 is 34.1 Å². The van der Waals surface area contributed by atoms with E-state index in [9.17, 15) is 4.79 Å². The lowest BCUT2D eigenvalue weighted by atomic mass is 9.95. The van der Waals surface area contributed by atoms with Crippen molar-refractivity contribution in [1.82, 2.24) is 29.5 Å². The maximum absolute atomic E-state index is 12.9. The average Bonchev–Trinajstić information content (AvgIpc) is 3.33. The van der Waals surface area contributed by atoms with Gasteiger partial charge < -0.3 is 20.8 Å². The maximum Gasteiger partial charge on any atom is 0.293 e. The number of ether oxygens (including phenoxy) is 1. The monoisotopic (exact) mass is 492 g/mol. The van der Waals surface area contributed by atoms with Gasteiger partial charge in [-0.25, -0.2) is 19.5 Å². The third kappa shape index (κ3) is 4.26. The Hall–Kier alpha value is -4.75. The van der Waals surface area contributed by atoms with Gasteiger partial charge in [-0.15, -0.1) is 0 Å². The summed E-state index contributed by atoms with van der Waals surface area (Å²) in [4.78, 5) is 29.6. The SMILES string of the molecule is COCc1ccc(NC(=O)c2nc(N)c3c(C4(C)CC4)c(C#Cc4cn5ncccc5n4)[nH]c3n2)cc1. The number of rotatable bonds is 5. The quantitative estimate of drug-likeness (QED) is 0.320. The number of carbonyl (C=O) groups is 1. The normalized spacial score (nSPS) is 13.9. The molecule has 0 unspecified atom stereocenters. The van der Waals surface area contributed by atoms with Crippen LogP contribution in [0.3, 0.4) is 0 Å². The van der Waals surface area contributed by atoms with Crippen LogP contribution in [0.25, 0.3) is 16.7 Å². The molecule has 1 amide bonds. The third-order valence-corrected chi connectivity index (χ3v) is 6.56. The lowest BCUT2D eigenvalue weighted by Crippen LogP contribution is -2.17. The summed E-state index contributed by atoms with van der Waals surface area (Å²) in [5.41, 5.74) is 11.4. The van der Waals surface area contributed by atoms with Crippen LogP contribution in [0.15, 0.2) is 48.8 Å². The van der Waals surface area contributed by atoms with Crippen LogP contribution in [0.1, 0.15) is 52.9 Å². The number of carbonyl (C=O) groups excluding carboxylic acids is 1. The molecular formula is C27H24N8O2. The van der Waals surface area contributed by atoms with Gasteiger partial charge in [-0.2, -0.15) is 5.10 Å². The summed E-state index contributed by atoms with van der Waals surface area (Å²) in [6.45, 7) is 2.67. The van der Waals surface area contributed by atoms with Gasteiger partial charge in [-0.3, -0.25) is 4.79 Å². The second kappa shape index (κ2) is 8.72. The molecule has 4 aromatic heterocycles. The number of nitrogens with zero attached hydrogens (tertiary/aromatic N) is 5. The van der Waals surface area contributed by atoms with E-state index in [1.54, 1.807) is 36.2 Å². The highest BCUT2D eigenvalue weighted by Gasteiger charge is 2.43. The van der Waals surface area contributed by atoms with Gasteiger partial charge >= 0.3 is 0 Å². The number of benzene rings is 1. The lowest BCUT2D eigenvalue weighted by Gasteiger charge is -2.10. The molecule has 4 N–H and O–H groups in total. The number of hydrogen-bond acceptors (Lipinski definition) is 7. The summed E-state index contributed by atoms with van der Waals surface area (Å²) in [7, 11) is 1.64. The predicted octanol–water partition coefficient (Wildman–Crippen LogP) is 3.43. The van der Waals surface area contributed by atoms with E-state index in [0.717, 1.165) is 29.6 Å². The van der Waals surface area contributed by atoms with E-state index >= 15 is 0 Å².